The summed E-state index contributed by atoms with van der Waals surface area (Å²) in [5.74, 6) is 0.883. The number of esters is 3. The number of carbonyl (C=O) groups excluding carboxylic acids is 3. The first-order chi connectivity index (χ1) is 31.3. The van der Waals surface area contributed by atoms with Gasteiger partial charge in [-0.15, -0.1) is 0 Å². The van der Waals surface area contributed by atoms with Crippen molar-refractivity contribution in [2.45, 2.75) is 330 Å². The highest BCUT2D eigenvalue weighted by atomic mass is 16.6. The monoisotopic (exact) mass is 905 g/mol. The Bertz CT molecular complexity index is 980. The maximum Gasteiger partial charge on any atom is 0.306 e. The fraction of sp³-hybridized carbons (Fsp3) is 0.948. The third-order valence-corrected chi connectivity index (χ3v) is 13.6. The molecule has 380 valence electrons. The van der Waals surface area contributed by atoms with Gasteiger partial charge in [0.2, 0.25) is 0 Å². The summed E-state index contributed by atoms with van der Waals surface area (Å²) in [5.41, 5.74) is 0. The van der Waals surface area contributed by atoms with E-state index >= 15 is 0 Å². The summed E-state index contributed by atoms with van der Waals surface area (Å²) in [6.45, 7) is 11.4. The molecule has 0 spiro atoms. The Hall–Kier alpha value is -1.59. The van der Waals surface area contributed by atoms with Crippen LogP contribution in [0.4, 0.5) is 0 Å². The Labute approximate surface area is 399 Å². The molecule has 0 saturated heterocycles. The highest BCUT2D eigenvalue weighted by molar-refractivity contribution is 5.71. The number of ether oxygens (including phenoxy) is 3. The molecule has 0 rings (SSSR count). The average Bonchev–Trinajstić information content (AvgIpc) is 3.28. The van der Waals surface area contributed by atoms with E-state index in [2.05, 4.69) is 34.6 Å². The van der Waals surface area contributed by atoms with Crippen LogP contribution in [0.5, 0.6) is 0 Å². The van der Waals surface area contributed by atoms with Crippen molar-refractivity contribution in [2.75, 3.05) is 13.2 Å². The van der Waals surface area contributed by atoms with Gasteiger partial charge in [-0.2, -0.15) is 0 Å². The zero-order valence-corrected chi connectivity index (χ0v) is 43.9. The Morgan fingerprint density at radius 1 is 0.328 bits per heavy atom. The van der Waals surface area contributed by atoms with Crippen molar-refractivity contribution in [1.29, 1.82) is 0 Å². The summed E-state index contributed by atoms with van der Waals surface area (Å²) in [4.78, 5) is 38.1. The number of hydrogen-bond donors (Lipinski definition) is 0. The SMILES string of the molecule is CCCCCCCCCCCCCCCC(=O)O[C@@H](COC(=O)CCCCCCCCCCCCCCCCCCC(C)C)COC(=O)CCCCCCCCCCCCC(C)CC. The molecule has 0 aliphatic heterocycles. The fourth-order valence-electron chi connectivity index (χ4n) is 8.84. The van der Waals surface area contributed by atoms with Crippen molar-refractivity contribution >= 4 is 17.9 Å². The molecule has 2 atom stereocenters. The molecule has 0 N–H and O–H groups in total. The molecule has 0 heterocycles. The molecular weight excluding hydrogens is 793 g/mol. The van der Waals surface area contributed by atoms with Crippen LogP contribution in [0.25, 0.3) is 0 Å². The summed E-state index contributed by atoms with van der Waals surface area (Å²) in [7, 11) is 0. The van der Waals surface area contributed by atoms with Crippen LogP contribution in [0.3, 0.4) is 0 Å². The molecule has 0 aliphatic rings. The van der Waals surface area contributed by atoms with Crippen molar-refractivity contribution in [1.82, 2.24) is 0 Å². The maximum atomic E-state index is 12.8. The molecule has 0 aliphatic carbocycles. The summed E-state index contributed by atoms with van der Waals surface area (Å²) < 4.78 is 16.9. The normalized spacial score (nSPS) is 12.5. The highest BCUT2D eigenvalue weighted by Crippen LogP contribution is 2.18. The van der Waals surface area contributed by atoms with E-state index < -0.39 is 6.10 Å². The molecule has 64 heavy (non-hydrogen) atoms. The molecule has 0 fully saturated rings. The molecule has 0 aromatic heterocycles. The summed E-state index contributed by atoms with van der Waals surface area (Å²) in [6, 6.07) is 0. The van der Waals surface area contributed by atoms with Crippen LogP contribution in [0.2, 0.25) is 0 Å². The maximum absolute atomic E-state index is 12.8. The van der Waals surface area contributed by atoms with E-state index in [1.807, 2.05) is 0 Å². The van der Waals surface area contributed by atoms with Gasteiger partial charge in [0.1, 0.15) is 13.2 Å². The molecule has 0 aromatic carbocycles. The first kappa shape index (κ1) is 62.4. The Morgan fingerprint density at radius 2 is 0.594 bits per heavy atom. The number of carbonyl (C=O) groups is 3. The second kappa shape index (κ2) is 50.8. The van der Waals surface area contributed by atoms with E-state index in [0.717, 1.165) is 69.6 Å². The molecule has 0 aromatic rings. The van der Waals surface area contributed by atoms with Gasteiger partial charge in [0.05, 0.1) is 0 Å². The van der Waals surface area contributed by atoms with Crippen LogP contribution in [-0.4, -0.2) is 37.2 Å². The Kier molecular flexibility index (Phi) is 49.6. The van der Waals surface area contributed by atoms with E-state index in [1.165, 1.54) is 212 Å². The predicted octanol–water partition coefficient (Wildman–Crippen LogP) is 18.9. The van der Waals surface area contributed by atoms with E-state index in [4.69, 9.17) is 14.2 Å². The van der Waals surface area contributed by atoms with E-state index in [-0.39, 0.29) is 31.1 Å². The quantitative estimate of drug-likeness (QED) is 0.0344. The van der Waals surface area contributed by atoms with Crippen molar-refractivity contribution in [3.8, 4) is 0 Å². The van der Waals surface area contributed by atoms with E-state index in [9.17, 15) is 14.4 Å². The minimum atomic E-state index is -0.762. The summed E-state index contributed by atoms with van der Waals surface area (Å²) >= 11 is 0. The molecule has 0 amide bonds. The van der Waals surface area contributed by atoms with Gasteiger partial charge in [-0.05, 0) is 31.1 Å². The zero-order valence-electron chi connectivity index (χ0n) is 43.9. The summed E-state index contributed by atoms with van der Waals surface area (Å²) in [6.07, 6.45) is 53.7. The molecule has 0 radical (unpaired) electrons. The van der Waals surface area contributed by atoms with Crippen molar-refractivity contribution in [3.63, 3.8) is 0 Å². The van der Waals surface area contributed by atoms with Crippen LogP contribution in [0.1, 0.15) is 324 Å². The van der Waals surface area contributed by atoms with Crippen LogP contribution in [0, 0.1) is 11.8 Å². The Morgan fingerprint density at radius 3 is 0.891 bits per heavy atom. The number of hydrogen-bond acceptors (Lipinski definition) is 6. The van der Waals surface area contributed by atoms with Gasteiger partial charge in [-0.25, -0.2) is 0 Å². The fourth-order valence-corrected chi connectivity index (χ4v) is 8.84. The van der Waals surface area contributed by atoms with Gasteiger partial charge < -0.3 is 14.2 Å². The second-order valence-corrected chi connectivity index (χ2v) is 20.6. The molecule has 0 saturated carbocycles. The summed E-state index contributed by atoms with van der Waals surface area (Å²) in [5, 5.41) is 0. The lowest BCUT2D eigenvalue weighted by Gasteiger charge is -2.18. The third-order valence-electron chi connectivity index (χ3n) is 13.6. The lowest BCUT2D eigenvalue weighted by Crippen LogP contribution is -2.30. The van der Waals surface area contributed by atoms with E-state index in [1.54, 1.807) is 0 Å². The molecule has 1 unspecified atom stereocenters. The van der Waals surface area contributed by atoms with Crippen molar-refractivity contribution in [3.05, 3.63) is 0 Å². The largest absolute Gasteiger partial charge is 0.462 e. The lowest BCUT2D eigenvalue weighted by atomic mass is 9.99. The van der Waals surface area contributed by atoms with Gasteiger partial charge in [-0.1, -0.05) is 285 Å². The van der Waals surface area contributed by atoms with Gasteiger partial charge in [-0.3, -0.25) is 14.4 Å². The third kappa shape index (κ3) is 49.8. The first-order valence-corrected chi connectivity index (χ1v) is 28.8. The van der Waals surface area contributed by atoms with Gasteiger partial charge in [0, 0.05) is 19.3 Å². The molecule has 0 bridgehead atoms. The van der Waals surface area contributed by atoms with Crippen LogP contribution < -0.4 is 0 Å². The first-order valence-electron chi connectivity index (χ1n) is 28.8. The van der Waals surface area contributed by atoms with Crippen LogP contribution in [0.15, 0.2) is 0 Å². The standard InChI is InChI=1S/C58H112O6/c1-6-8-9-10-11-12-13-18-23-30-35-40-45-50-58(61)64-55(52-63-57(60)49-44-39-34-29-25-24-27-32-37-42-47-54(5)7-2)51-62-56(59)48-43-38-33-28-22-20-17-15-14-16-19-21-26-31-36-41-46-53(3)4/h53-55H,6-52H2,1-5H3/t54?,55-/m0/s1. The van der Waals surface area contributed by atoms with Crippen LogP contribution >= 0.6 is 0 Å². The zero-order chi connectivity index (χ0) is 46.8. The van der Waals surface area contributed by atoms with Gasteiger partial charge >= 0.3 is 17.9 Å². The lowest BCUT2D eigenvalue weighted by molar-refractivity contribution is -0.167. The second-order valence-electron chi connectivity index (χ2n) is 20.6. The number of rotatable bonds is 52. The minimum absolute atomic E-state index is 0.0627. The van der Waals surface area contributed by atoms with Crippen LogP contribution in [-0.2, 0) is 28.6 Å². The van der Waals surface area contributed by atoms with Gasteiger partial charge in [0.25, 0.3) is 0 Å². The molecule has 6 heteroatoms. The van der Waals surface area contributed by atoms with Crippen molar-refractivity contribution in [2.24, 2.45) is 11.8 Å². The average molecular weight is 906 g/mol. The Balaban J connectivity index is 4.27. The highest BCUT2D eigenvalue weighted by Gasteiger charge is 2.19. The number of unbranched alkanes of at least 4 members (excludes halogenated alkanes) is 36. The van der Waals surface area contributed by atoms with Gasteiger partial charge in [0.15, 0.2) is 6.10 Å². The molecule has 6 nitrogen and oxygen atoms in total. The minimum Gasteiger partial charge on any atom is -0.462 e. The topological polar surface area (TPSA) is 78.9 Å². The smallest absolute Gasteiger partial charge is 0.306 e. The molecular formula is C58H112O6. The predicted molar refractivity (Wildman–Crippen MR) is 275 cm³/mol. The van der Waals surface area contributed by atoms with Crippen molar-refractivity contribution < 1.29 is 28.6 Å². The van der Waals surface area contributed by atoms with E-state index in [0.29, 0.717) is 19.3 Å².